The van der Waals surface area contributed by atoms with Crippen molar-refractivity contribution in [2.24, 2.45) is 0 Å². The predicted molar refractivity (Wildman–Crippen MR) is 138 cm³/mol. The standard InChI is InChI=1S/C12H18O2.2C7H7.C3H2N3.Zr/c1-7(2)9-5-10(8(3)4)12(14)6-11(9)13;2*1-7-5-3-2-4-6-7;1-4-2-6-3-5-1;/h5-8,13-14H,1-4H3;2*2-6H,1H2;1-2H;/q;3*-1;+3. The third-order valence-corrected chi connectivity index (χ3v) is 4.47. The van der Waals surface area contributed by atoms with Crippen molar-refractivity contribution in [3.8, 4) is 11.5 Å². The van der Waals surface area contributed by atoms with Crippen molar-refractivity contribution >= 4 is 0 Å². The van der Waals surface area contributed by atoms with E-state index in [1.807, 2.05) is 94.4 Å². The number of aromatic hydroxyl groups is 2. The summed E-state index contributed by atoms with van der Waals surface area (Å²) < 4.78 is 0. The van der Waals surface area contributed by atoms with Gasteiger partial charge in [0.1, 0.15) is 11.5 Å². The van der Waals surface area contributed by atoms with Crippen LogP contribution in [0.25, 0.3) is 0 Å². The topological polar surface area (TPSA) is 79.1 Å². The zero-order chi connectivity index (χ0) is 25.3. The van der Waals surface area contributed by atoms with Crippen LogP contribution in [-0.4, -0.2) is 25.2 Å². The van der Waals surface area contributed by atoms with Gasteiger partial charge in [0.2, 0.25) is 0 Å². The Bertz CT molecular complexity index is 952. The van der Waals surface area contributed by atoms with Crippen LogP contribution < -0.4 is 0 Å². The van der Waals surface area contributed by atoms with Crippen LogP contribution in [0.2, 0.25) is 0 Å². The summed E-state index contributed by atoms with van der Waals surface area (Å²) in [6.07, 6.45) is 5.09. The summed E-state index contributed by atoms with van der Waals surface area (Å²) in [6.45, 7) is 15.5. The van der Waals surface area contributed by atoms with Crippen LogP contribution in [0.1, 0.15) is 61.8 Å². The Balaban J connectivity index is 0.000000467. The summed E-state index contributed by atoms with van der Waals surface area (Å²) in [5.41, 5.74) is 3.93. The average molecular weight is 548 g/mol. The molecule has 1 radical (unpaired) electrons. The Hall–Kier alpha value is -3.11. The van der Waals surface area contributed by atoms with E-state index in [2.05, 4.69) is 35.1 Å². The van der Waals surface area contributed by atoms with Gasteiger partial charge in [0.05, 0.1) is 0 Å². The second-order valence-electron chi connectivity index (χ2n) is 7.99. The third-order valence-electron chi connectivity index (χ3n) is 4.47. The molecule has 0 fully saturated rings. The number of hydrogen-bond acceptors (Lipinski definition) is 5. The summed E-state index contributed by atoms with van der Waals surface area (Å²) in [5.74, 6) is 0.907. The molecule has 0 bridgehead atoms. The van der Waals surface area contributed by atoms with Crippen molar-refractivity contribution in [2.75, 3.05) is 0 Å². The van der Waals surface area contributed by atoms with E-state index >= 15 is 0 Å². The smallest absolute Gasteiger partial charge is 0.508 e. The van der Waals surface area contributed by atoms with Gasteiger partial charge in [-0.25, -0.2) is 0 Å². The van der Waals surface area contributed by atoms with Gasteiger partial charge in [0.15, 0.2) is 0 Å². The fraction of sp³-hybridized carbons (Fsp3) is 0.207. The molecule has 4 rings (SSSR count). The summed E-state index contributed by atoms with van der Waals surface area (Å²) in [5, 5.41) is 19.2. The summed E-state index contributed by atoms with van der Waals surface area (Å²) in [7, 11) is 0. The number of phenols is 2. The van der Waals surface area contributed by atoms with Gasteiger partial charge in [-0.15, -0.1) is 24.3 Å². The molecule has 35 heavy (non-hydrogen) atoms. The number of benzene rings is 3. The molecule has 0 aliphatic rings. The van der Waals surface area contributed by atoms with Crippen molar-refractivity contribution in [1.29, 1.82) is 0 Å². The average Bonchev–Trinajstić information content (AvgIpc) is 2.82. The maximum absolute atomic E-state index is 9.61. The van der Waals surface area contributed by atoms with Crippen LogP contribution in [0.5, 0.6) is 11.5 Å². The van der Waals surface area contributed by atoms with E-state index in [1.54, 1.807) is 0 Å². The summed E-state index contributed by atoms with van der Waals surface area (Å²) in [4.78, 5) is 10.4. The van der Waals surface area contributed by atoms with E-state index in [0.717, 1.165) is 22.3 Å². The Morgan fingerprint density at radius 2 is 1.03 bits per heavy atom. The van der Waals surface area contributed by atoms with Gasteiger partial charge in [-0.3, -0.25) is 0 Å². The molecule has 0 amide bonds. The van der Waals surface area contributed by atoms with Crippen molar-refractivity contribution in [3.63, 3.8) is 0 Å². The number of aromatic nitrogens is 3. The minimum Gasteiger partial charge on any atom is -0.508 e. The molecular weight excluding hydrogens is 514 g/mol. The molecule has 1 aromatic heterocycles. The van der Waals surface area contributed by atoms with Crippen LogP contribution in [-0.2, 0) is 26.2 Å². The first-order valence-electron chi connectivity index (χ1n) is 11.0. The first-order chi connectivity index (χ1) is 16.2. The molecule has 0 spiro atoms. The molecule has 5 nitrogen and oxygen atoms in total. The van der Waals surface area contributed by atoms with Gasteiger partial charge in [0.25, 0.3) is 0 Å². The van der Waals surface area contributed by atoms with E-state index in [-0.39, 0.29) is 49.5 Å². The largest absolute Gasteiger partial charge is 3.00 e. The fourth-order valence-electron chi connectivity index (χ4n) is 2.67. The molecule has 3 aromatic carbocycles. The molecule has 6 heteroatoms. The predicted octanol–water partition coefficient (Wildman–Crippen LogP) is 6.75. The molecule has 0 unspecified atom stereocenters. The van der Waals surface area contributed by atoms with Crippen LogP contribution >= 0.6 is 0 Å². The van der Waals surface area contributed by atoms with Gasteiger partial charge in [0, 0.05) is 25.0 Å². The minimum atomic E-state index is 0. The van der Waals surface area contributed by atoms with Gasteiger partial charge < -0.3 is 25.2 Å². The van der Waals surface area contributed by atoms with Gasteiger partial charge in [-0.1, -0.05) is 39.8 Å². The molecule has 0 aliphatic heterocycles. The maximum atomic E-state index is 9.61. The van der Waals surface area contributed by atoms with Crippen LogP contribution in [0.3, 0.4) is 0 Å². The monoisotopic (exact) mass is 546 g/mol. The molecule has 2 N–H and O–H groups in total. The molecule has 0 saturated heterocycles. The third kappa shape index (κ3) is 14.0. The summed E-state index contributed by atoms with van der Waals surface area (Å²) >= 11 is 0. The quantitative estimate of drug-likeness (QED) is 0.271. The zero-order valence-electron chi connectivity index (χ0n) is 20.9. The summed E-state index contributed by atoms with van der Waals surface area (Å²) in [6, 6.07) is 23.1. The Morgan fingerprint density at radius 3 is 1.23 bits per heavy atom. The normalized spacial score (nSPS) is 9.31. The Kier molecular flexibility index (Phi) is 16.6. The SMILES string of the molecule is CC(C)c1cc(C(C)C)c(O)cc1O.[CH2-]c1ccccc1.[CH2-]c1ccccc1.[Zr+3].[c-]1ncncn1. The molecule has 4 aromatic rings. The van der Waals surface area contributed by atoms with Crippen molar-refractivity contribution in [3.05, 3.63) is 128 Å². The van der Waals surface area contributed by atoms with Crippen molar-refractivity contribution in [1.82, 2.24) is 15.0 Å². The van der Waals surface area contributed by atoms with E-state index in [1.165, 1.54) is 18.7 Å². The second-order valence-corrected chi connectivity index (χ2v) is 7.99. The fourth-order valence-corrected chi connectivity index (χ4v) is 2.67. The molecular formula is C29H34N3O2Zr. The maximum Gasteiger partial charge on any atom is 3.00 e. The Labute approximate surface area is 229 Å². The molecule has 0 saturated carbocycles. The van der Waals surface area contributed by atoms with Crippen LogP contribution in [0.15, 0.2) is 85.5 Å². The first-order valence-corrected chi connectivity index (χ1v) is 11.0. The molecule has 0 atom stereocenters. The molecule has 181 valence electrons. The number of hydrogen-bond donors (Lipinski definition) is 2. The van der Waals surface area contributed by atoms with E-state index in [4.69, 9.17) is 0 Å². The second kappa shape index (κ2) is 18.2. The number of phenolic OH excluding ortho intramolecular Hbond substituents is 2. The van der Waals surface area contributed by atoms with Gasteiger partial charge in [-0.05, 0) is 29.0 Å². The van der Waals surface area contributed by atoms with Crippen LogP contribution in [0.4, 0.5) is 0 Å². The minimum absolute atomic E-state index is 0. The number of rotatable bonds is 2. The zero-order valence-corrected chi connectivity index (χ0v) is 23.3. The molecule has 0 aliphatic carbocycles. The Morgan fingerprint density at radius 1 is 0.657 bits per heavy atom. The van der Waals surface area contributed by atoms with Gasteiger partial charge >= 0.3 is 26.2 Å². The first kappa shape index (κ1) is 31.9. The van der Waals surface area contributed by atoms with E-state index in [9.17, 15) is 10.2 Å². The van der Waals surface area contributed by atoms with E-state index in [0.29, 0.717) is 0 Å². The van der Waals surface area contributed by atoms with E-state index < -0.39 is 0 Å². The van der Waals surface area contributed by atoms with Crippen LogP contribution in [0, 0.1) is 20.2 Å². The van der Waals surface area contributed by atoms with Crippen molar-refractivity contribution in [2.45, 2.75) is 39.5 Å². The van der Waals surface area contributed by atoms with Crippen molar-refractivity contribution < 1.29 is 36.4 Å². The number of nitrogens with zero attached hydrogens (tertiary/aromatic N) is 3. The van der Waals surface area contributed by atoms with Gasteiger partial charge in [-0.2, -0.15) is 49.2 Å². The molecule has 1 heterocycles.